The van der Waals surface area contributed by atoms with Gasteiger partial charge in [-0.25, -0.2) is 15.0 Å². The minimum Gasteiger partial charge on any atom is -0.246 e. The van der Waals surface area contributed by atoms with Gasteiger partial charge in [0.05, 0.1) is 0 Å². The number of rotatable bonds is 3. The van der Waals surface area contributed by atoms with E-state index >= 15 is 0 Å². The largest absolute Gasteiger partial charge is 0.246 e. The molecule has 0 unspecified atom stereocenters. The van der Waals surface area contributed by atoms with Crippen molar-refractivity contribution >= 4 is 23.4 Å². The molecule has 0 saturated heterocycles. The van der Waals surface area contributed by atoms with Gasteiger partial charge in [0, 0.05) is 11.3 Å². The number of aryl methyl sites for hydroxylation is 2. The smallest absolute Gasteiger partial charge is 0.136 e. The molecule has 2 rings (SSSR count). The predicted molar refractivity (Wildman–Crippen MR) is 74.3 cm³/mol. The van der Waals surface area contributed by atoms with Crippen LogP contribution in [0.4, 0.5) is 0 Å². The molecule has 0 aliphatic heterocycles. The Bertz CT molecular complexity index is 552. The summed E-state index contributed by atoms with van der Waals surface area (Å²) in [5.41, 5.74) is 3.18. The summed E-state index contributed by atoms with van der Waals surface area (Å²) in [6.07, 6.45) is 2.30. The van der Waals surface area contributed by atoms with E-state index in [9.17, 15) is 0 Å². The first-order chi connectivity index (χ1) is 8.60. The first-order valence-corrected chi connectivity index (χ1v) is 6.92. The molecule has 2 aromatic heterocycles. The van der Waals surface area contributed by atoms with Gasteiger partial charge in [-0.05, 0) is 49.7 Å². The van der Waals surface area contributed by atoms with Gasteiger partial charge in [-0.15, -0.1) is 0 Å². The molecular formula is C13H14ClN3S. The molecule has 0 bridgehead atoms. The highest BCUT2D eigenvalue weighted by atomic mass is 35.5. The van der Waals surface area contributed by atoms with Crippen LogP contribution >= 0.6 is 23.4 Å². The second-order valence-electron chi connectivity index (χ2n) is 4.03. The zero-order chi connectivity index (χ0) is 13.1. The van der Waals surface area contributed by atoms with E-state index < -0.39 is 0 Å². The normalized spacial score (nSPS) is 10.7. The van der Waals surface area contributed by atoms with Crippen molar-refractivity contribution in [2.24, 2.45) is 0 Å². The highest BCUT2D eigenvalue weighted by Gasteiger charge is 2.10. The van der Waals surface area contributed by atoms with E-state index in [1.165, 1.54) is 23.7 Å². The van der Waals surface area contributed by atoms with Crippen LogP contribution in [0.25, 0.3) is 0 Å². The fourth-order valence-corrected chi connectivity index (χ4v) is 3.14. The quantitative estimate of drug-likeness (QED) is 0.800. The topological polar surface area (TPSA) is 38.7 Å². The Morgan fingerprint density at radius 2 is 2.00 bits per heavy atom. The van der Waals surface area contributed by atoms with Gasteiger partial charge in [-0.3, -0.25) is 0 Å². The van der Waals surface area contributed by atoms with Gasteiger partial charge in [0.2, 0.25) is 0 Å². The minimum absolute atomic E-state index is 0.527. The summed E-state index contributed by atoms with van der Waals surface area (Å²) in [5, 5.41) is 2.35. The van der Waals surface area contributed by atoms with Crippen LogP contribution in [0.15, 0.2) is 28.5 Å². The molecular weight excluding hydrogens is 266 g/mol. The third kappa shape index (κ3) is 3.00. The van der Waals surface area contributed by atoms with Gasteiger partial charge in [-0.1, -0.05) is 18.5 Å². The van der Waals surface area contributed by atoms with Crippen LogP contribution in [0.2, 0.25) is 5.15 Å². The Kier molecular flexibility index (Phi) is 4.19. The zero-order valence-corrected chi connectivity index (χ0v) is 12.1. The van der Waals surface area contributed by atoms with Crippen molar-refractivity contribution in [2.75, 3.05) is 0 Å². The highest BCUT2D eigenvalue weighted by molar-refractivity contribution is 7.99. The fraction of sp³-hybridized carbons (Fsp3) is 0.308. The molecule has 0 fully saturated rings. The number of hydrogen-bond donors (Lipinski definition) is 0. The van der Waals surface area contributed by atoms with Crippen LogP contribution < -0.4 is 0 Å². The lowest BCUT2D eigenvalue weighted by molar-refractivity contribution is 0.938. The molecule has 0 aliphatic rings. The summed E-state index contributed by atoms with van der Waals surface area (Å²) >= 11 is 7.61. The highest BCUT2D eigenvalue weighted by Crippen LogP contribution is 2.30. The summed E-state index contributed by atoms with van der Waals surface area (Å²) in [7, 11) is 0. The third-order valence-corrected chi connectivity index (χ3v) is 3.77. The Labute approximate surface area is 116 Å². The SMILES string of the molecule is CCc1c(Cl)ncnc1Sc1cc(C)cc(C)n1. The van der Waals surface area contributed by atoms with Crippen molar-refractivity contribution in [3.8, 4) is 0 Å². The molecule has 0 saturated carbocycles. The van der Waals surface area contributed by atoms with Gasteiger partial charge in [0.15, 0.2) is 0 Å². The van der Waals surface area contributed by atoms with Gasteiger partial charge in [-0.2, -0.15) is 0 Å². The summed E-state index contributed by atoms with van der Waals surface area (Å²) in [6.45, 7) is 6.10. The van der Waals surface area contributed by atoms with E-state index in [0.29, 0.717) is 5.15 Å². The summed E-state index contributed by atoms with van der Waals surface area (Å²) < 4.78 is 0. The maximum absolute atomic E-state index is 6.07. The number of aromatic nitrogens is 3. The lowest BCUT2D eigenvalue weighted by Crippen LogP contribution is -1.95. The van der Waals surface area contributed by atoms with Crippen molar-refractivity contribution in [3.05, 3.63) is 40.4 Å². The fourth-order valence-electron chi connectivity index (χ4n) is 1.72. The van der Waals surface area contributed by atoms with Crippen molar-refractivity contribution in [3.63, 3.8) is 0 Å². The summed E-state index contributed by atoms with van der Waals surface area (Å²) in [4.78, 5) is 12.8. The van der Waals surface area contributed by atoms with Crippen molar-refractivity contribution in [2.45, 2.75) is 37.2 Å². The Morgan fingerprint density at radius 1 is 1.22 bits per heavy atom. The molecule has 2 heterocycles. The van der Waals surface area contributed by atoms with E-state index in [4.69, 9.17) is 11.6 Å². The summed E-state index contributed by atoms with van der Waals surface area (Å²) in [5.74, 6) is 0. The van der Waals surface area contributed by atoms with Crippen LogP contribution in [0.3, 0.4) is 0 Å². The predicted octanol–water partition coefficient (Wildman–Crippen LogP) is 3.86. The standard InChI is InChI=1S/C13H14ClN3S/c1-4-10-12(14)15-7-16-13(10)18-11-6-8(2)5-9(3)17-11/h5-7H,4H2,1-3H3. The molecule has 0 radical (unpaired) electrons. The molecule has 5 heteroatoms. The van der Waals surface area contributed by atoms with Gasteiger partial charge in [0.1, 0.15) is 21.5 Å². The van der Waals surface area contributed by atoms with Crippen molar-refractivity contribution < 1.29 is 0 Å². The first kappa shape index (κ1) is 13.3. The first-order valence-electron chi connectivity index (χ1n) is 5.72. The zero-order valence-electron chi connectivity index (χ0n) is 10.6. The number of hydrogen-bond acceptors (Lipinski definition) is 4. The molecule has 94 valence electrons. The average molecular weight is 280 g/mol. The van der Waals surface area contributed by atoms with Crippen LogP contribution in [0.1, 0.15) is 23.7 Å². The second-order valence-corrected chi connectivity index (χ2v) is 5.40. The third-order valence-electron chi connectivity index (χ3n) is 2.48. The van der Waals surface area contributed by atoms with E-state index in [-0.39, 0.29) is 0 Å². The Hall–Kier alpha value is -1.13. The molecule has 0 amide bonds. The van der Waals surface area contributed by atoms with E-state index in [1.54, 1.807) is 0 Å². The summed E-state index contributed by atoms with van der Waals surface area (Å²) in [6, 6.07) is 4.10. The van der Waals surface area contributed by atoms with E-state index in [1.807, 2.05) is 19.9 Å². The maximum atomic E-state index is 6.07. The van der Waals surface area contributed by atoms with Crippen LogP contribution in [0.5, 0.6) is 0 Å². The molecule has 0 aromatic carbocycles. The number of nitrogens with zero attached hydrogens (tertiary/aromatic N) is 3. The van der Waals surface area contributed by atoms with E-state index in [0.717, 1.165) is 27.7 Å². The number of pyridine rings is 1. The van der Waals surface area contributed by atoms with E-state index in [2.05, 4.69) is 27.9 Å². The number of halogens is 1. The maximum Gasteiger partial charge on any atom is 0.136 e. The molecule has 0 atom stereocenters. The monoisotopic (exact) mass is 279 g/mol. The van der Waals surface area contributed by atoms with Crippen LogP contribution in [-0.2, 0) is 6.42 Å². The second kappa shape index (κ2) is 5.67. The minimum atomic E-state index is 0.527. The van der Waals surface area contributed by atoms with Gasteiger partial charge < -0.3 is 0 Å². The molecule has 18 heavy (non-hydrogen) atoms. The Morgan fingerprint density at radius 3 is 2.67 bits per heavy atom. The molecule has 2 aromatic rings. The van der Waals surface area contributed by atoms with Crippen molar-refractivity contribution in [1.29, 1.82) is 0 Å². The Balaban J connectivity index is 2.36. The van der Waals surface area contributed by atoms with Gasteiger partial charge in [0.25, 0.3) is 0 Å². The van der Waals surface area contributed by atoms with Crippen molar-refractivity contribution in [1.82, 2.24) is 15.0 Å². The van der Waals surface area contributed by atoms with Gasteiger partial charge >= 0.3 is 0 Å². The molecule has 0 aliphatic carbocycles. The lowest BCUT2D eigenvalue weighted by Gasteiger charge is -2.07. The van der Waals surface area contributed by atoms with Crippen LogP contribution in [-0.4, -0.2) is 15.0 Å². The molecule has 0 N–H and O–H groups in total. The molecule has 0 spiro atoms. The van der Waals surface area contributed by atoms with Crippen LogP contribution in [0, 0.1) is 13.8 Å². The average Bonchev–Trinajstić information content (AvgIpc) is 2.27. The molecule has 3 nitrogen and oxygen atoms in total. The lowest BCUT2D eigenvalue weighted by atomic mass is 10.2.